The molecule has 0 saturated heterocycles. The predicted molar refractivity (Wildman–Crippen MR) is 186 cm³/mol. The van der Waals surface area contributed by atoms with Crippen molar-refractivity contribution < 1.29 is 19.2 Å². The zero-order chi connectivity index (χ0) is 34.9. The first-order valence-electron chi connectivity index (χ1n) is 16.8. The minimum Gasteiger partial charge on any atom is -0.361 e. The maximum Gasteiger partial charge on any atom is 0.246 e. The van der Waals surface area contributed by atoms with Gasteiger partial charge in [0.2, 0.25) is 23.6 Å². The number of nitrogens with zero attached hydrogens (tertiary/aromatic N) is 3. The third-order valence-corrected chi connectivity index (χ3v) is 8.83. The smallest absolute Gasteiger partial charge is 0.246 e. The highest BCUT2D eigenvalue weighted by Crippen LogP contribution is 2.22. The summed E-state index contributed by atoms with van der Waals surface area (Å²) < 4.78 is 0. The Kier molecular flexibility index (Phi) is 14.8. The molecule has 0 unspecified atom stereocenters. The van der Waals surface area contributed by atoms with E-state index in [2.05, 4.69) is 35.5 Å². The van der Waals surface area contributed by atoms with E-state index in [9.17, 15) is 19.2 Å². The molecule has 0 aliphatic carbocycles. The largest absolute Gasteiger partial charge is 0.361 e. The summed E-state index contributed by atoms with van der Waals surface area (Å²) in [6, 6.07) is 5.38. The molecule has 10 heteroatoms. The van der Waals surface area contributed by atoms with Crippen LogP contribution >= 0.6 is 0 Å². The molecule has 0 radical (unpaired) electrons. The molecule has 1 aromatic carbocycles. The van der Waals surface area contributed by atoms with Crippen molar-refractivity contribution >= 4 is 34.5 Å². The van der Waals surface area contributed by atoms with Crippen LogP contribution in [0.5, 0.6) is 0 Å². The van der Waals surface area contributed by atoms with Crippen LogP contribution in [0.3, 0.4) is 0 Å². The van der Waals surface area contributed by atoms with Gasteiger partial charge in [0.1, 0.15) is 18.1 Å². The van der Waals surface area contributed by atoms with Crippen LogP contribution in [0.1, 0.15) is 73.8 Å². The Morgan fingerprint density at radius 1 is 0.739 bits per heavy atom. The van der Waals surface area contributed by atoms with Gasteiger partial charge in [0, 0.05) is 44.8 Å². The van der Waals surface area contributed by atoms with E-state index < -0.39 is 24.2 Å². The maximum atomic E-state index is 14.2. The summed E-state index contributed by atoms with van der Waals surface area (Å²) in [5.41, 5.74) is 2.17. The van der Waals surface area contributed by atoms with Crippen LogP contribution in [0.4, 0.5) is 0 Å². The van der Waals surface area contributed by atoms with E-state index >= 15 is 0 Å². The number of H-pyrrole nitrogens is 1. The highest BCUT2D eigenvalue weighted by molar-refractivity contribution is 5.95. The lowest BCUT2D eigenvalue weighted by atomic mass is 9.95. The predicted octanol–water partition coefficient (Wildman–Crippen LogP) is 4.30. The van der Waals surface area contributed by atoms with E-state index in [0.717, 1.165) is 16.5 Å². The Morgan fingerprint density at radius 2 is 1.30 bits per heavy atom. The standard InChI is InChI=1S/C36H60N6O4/c1-22(2)19-29(37-9)34(44)40(10)30(20-23(3)4)35(45)42(12)32(25(7)8)36(46)41(11)31(24(5)6)33(43)38-18-17-26-21-39-28-16-14-13-15-27(26)28/h13-16,21-25,29-32,37,39H,17-20H2,1-12H3,(H,38,43)/t29-,30-,31-,32-/m1/s1. The van der Waals surface area contributed by atoms with Crippen molar-refractivity contribution in [2.45, 2.75) is 98.8 Å². The van der Waals surface area contributed by atoms with Gasteiger partial charge in [-0.1, -0.05) is 73.6 Å². The second-order valence-electron chi connectivity index (χ2n) is 14.2. The van der Waals surface area contributed by atoms with Gasteiger partial charge in [-0.3, -0.25) is 19.2 Å². The zero-order valence-electron chi connectivity index (χ0n) is 30.3. The molecule has 1 aromatic heterocycles. The second kappa shape index (κ2) is 17.5. The van der Waals surface area contributed by atoms with E-state index in [1.807, 2.05) is 65.9 Å². The topological polar surface area (TPSA) is 118 Å². The molecular formula is C36H60N6O4. The van der Waals surface area contributed by atoms with Crippen molar-refractivity contribution in [2.75, 3.05) is 34.7 Å². The Balaban J connectivity index is 2.24. The lowest BCUT2D eigenvalue weighted by molar-refractivity contribution is -0.154. The van der Waals surface area contributed by atoms with Crippen molar-refractivity contribution in [1.29, 1.82) is 0 Å². The Bertz CT molecular complexity index is 1300. The average molecular weight is 641 g/mol. The van der Waals surface area contributed by atoms with Gasteiger partial charge in [-0.15, -0.1) is 0 Å². The zero-order valence-corrected chi connectivity index (χ0v) is 30.3. The molecule has 46 heavy (non-hydrogen) atoms. The van der Waals surface area contributed by atoms with E-state index in [4.69, 9.17) is 0 Å². The lowest BCUT2D eigenvalue weighted by Gasteiger charge is -2.40. The van der Waals surface area contributed by atoms with Crippen LogP contribution in [0.25, 0.3) is 10.9 Å². The number of para-hydroxylation sites is 1. The number of amides is 4. The Hall–Kier alpha value is -3.40. The number of hydrogen-bond acceptors (Lipinski definition) is 5. The van der Waals surface area contributed by atoms with E-state index in [0.29, 0.717) is 31.7 Å². The van der Waals surface area contributed by atoms with E-state index in [1.165, 1.54) is 9.80 Å². The molecule has 0 bridgehead atoms. The normalized spacial score (nSPS) is 14.4. The quantitative estimate of drug-likeness (QED) is 0.238. The van der Waals surface area contributed by atoms with Gasteiger partial charge in [-0.2, -0.15) is 0 Å². The molecule has 4 amide bonds. The molecule has 0 saturated carbocycles. The highest BCUT2D eigenvalue weighted by Gasteiger charge is 2.41. The van der Waals surface area contributed by atoms with Crippen LogP contribution in [0, 0.1) is 23.7 Å². The third-order valence-electron chi connectivity index (χ3n) is 8.83. The molecule has 0 aliphatic rings. The summed E-state index contributed by atoms with van der Waals surface area (Å²) in [6.45, 7) is 16.2. The van der Waals surface area contributed by atoms with Crippen molar-refractivity contribution in [3.8, 4) is 0 Å². The highest BCUT2D eigenvalue weighted by atomic mass is 16.2. The molecular weight excluding hydrogens is 580 g/mol. The number of rotatable bonds is 17. The Labute approximate surface area is 277 Å². The summed E-state index contributed by atoms with van der Waals surface area (Å²) in [5, 5.41) is 7.28. The molecule has 1 heterocycles. The molecule has 3 N–H and O–H groups in total. The van der Waals surface area contributed by atoms with Crippen LogP contribution in [-0.4, -0.2) is 102 Å². The van der Waals surface area contributed by atoms with Gasteiger partial charge in [0.25, 0.3) is 0 Å². The molecule has 0 fully saturated rings. The number of likely N-dealkylation sites (N-methyl/N-ethyl adjacent to an activating group) is 4. The van der Waals surface area contributed by atoms with Crippen LogP contribution in [0.15, 0.2) is 30.5 Å². The minimum absolute atomic E-state index is 0.141. The fraction of sp³-hybridized carbons (Fsp3) is 0.667. The number of carbonyl (C=O) groups is 4. The maximum absolute atomic E-state index is 14.2. The first-order chi connectivity index (χ1) is 21.5. The summed E-state index contributed by atoms with van der Waals surface area (Å²) >= 11 is 0. The number of benzene rings is 1. The van der Waals surface area contributed by atoms with Crippen molar-refractivity contribution in [1.82, 2.24) is 30.3 Å². The van der Waals surface area contributed by atoms with Gasteiger partial charge in [0.15, 0.2) is 0 Å². The monoisotopic (exact) mass is 640 g/mol. The third kappa shape index (κ3) is 9.80. The molecule has 258 valence electrons. The molecule has 2 aromatic rings. The summed E-state index contributed by atoms with van der Waals surface area (Å²) in [7, 11) is 6.72. The number of nitrogens with one attached hydrogen (secondary N) is 3. The van der Waals surface area contributed by atoms with Gasteiger partial charge in [-0.05, 0) is 61.6 Å². The minimum atomic E-state index is -0.813. The Morgan fingerprint density at radius 3 is 1.85 bits per heavy atom. The van der Waals surface area contributed by atoms with Crippen LogP contribution in [-0.2, 0) is 25.6 Å². The SMILES string of the molecule is CN[C@H](CC(C)C)C(=O)N(C)[C@H](CC(C)C)C(=O)N(C)[C@@H](C(=O)N(C)[C@@H](C(=O)NCCc1c[nH]c2ccccc12)C(C)C)C(C)C. The molecule has 0 spiro atoms. The molecule has 2 rings (SSSR count). The van der Waals surface area contributed by atoms with Gasteiger partial charge >= 0.3 is 0 Å². The number of fused-ring (bicyclic) bond motifs is 1. The lowest BCUT2D eigenvalue weighted by Crippen LogP contribution is -2.60. The average Bonchev–Trinajstić information content (AvgIpc) is 3.39. The molecule has 0 aliphatic heterocycles. The number of aromatic nitrogens is 1. The molecule has 10 nitrogen and oxygen atoms in total. The second-order valence-corrected chi connectivity index (χ2v) is 14.2. The molecule has 4 atom stereocenters. The number of aromatic amines is 1. The first kappa shape index (κ1) is 38.8. The van der Waals surface area contributed by atoms with E-state index in [1.54, 1.807) is 33.1 Å². The van der Waals surface area contributed by atoms with Crippen molar-refractivity contribution in [3.05, 3.63) is 36.0 Å². The van der Waals surface area contributed by atoms with Crippen molar-refractivity contribution in [2.24, 2.45) is 23.7 Å². The van der Waals surface area contributed by atoms with E-state index in [-0.39, 0.29) is 41.4 Å². The van der Waals surface area contributed by atoms with Crippen LogP contribution in [0.2, 0.25) is 0 Å². The first-order valence-corrected chi connectivity index (χ1v) is 16.8. The number of hydrogen-bond donors (Lipinski definition) is 3. The van der Waals surface area contributed by atoms with Gasteiger partial charge in [0.05, 0.1) is 6.04 Å². The summed E-state index contributed by atoms with van der Waals surface area (Å²) in [4.78, 5) is 63.2. The summed E-state index contributed by atoms with van der Waals surface area (Å²) in [5.74, 6) is -0.901. The van der Waals surface area contributed by atoms with Crippen molar-refractivity contribution in [3.63, 3.8) is 0 Å². The number of carbonyl (C=O) groups excluding carboxylic acids is 4. The van der Waals surface area contributed by atoms with Crippen LogP contribution < -0.4 is 10.6 Å². The van der Waals surface area contributed by atoms with Gasteiger partial charge in [-0.25, -0.2) is 0 Å². The summed E-state index contributed by atoms with van der Waals surface area (Å²) in [6.07, 6.45) is 3.73. The fourth-order valence-corrected chi connectivity index (χ4v) is 6.39. The fourth-order valence-electron chi connectivity index (χ4n) is 6.39. The van der Waals surface area contributed by atoms with Gasteiger partial charge < -0.3 is 30.3 Å².